The number of carbonyl (C=O) groups excluding carboxylic acids is 1. The molecule has 0 saturated carbocycles. The summed E-state index contributed by atoms with van der Waals surface area (Å²) in [7, 11) is 4.11. The number of amides is 1. The number of carbonyl (C=O) groups is 1. The lowest BCUT2D eigenvalue weighted by Gasteiger charge is -2.23. The predicted octanol–water partition coefficient (Wildman–Crippen LogP) is 5.36. The lowest BCUT2D eigenvalue weighted by atomic mass is 10.1. The van der Waals surface area contributed by atoms with E-state index in [9.17, 15) is 4.79 Å². The van der Waals surface area contributed by atoms with Crippen LogP contribution < -0.4 is 9.80 Å². The smallest absolute Gasteiger partial charge is 0.260 e. The monoisotopic (exact) mass is 438 g/mol. The van der Waals surface area contributed by atoms with Crippen molar-refractivity contribution < 1.29 is 4.79 Å². The summed E-state index contributed by atoms with van der Waals surface area (Å²) >= 11 is 1.60. The van der Waals surface area contributed by atoms with Crippen LogP contribution in [0.2, 0.25) is 0 Å². The number of fused-ring (bicyclic) bond motifs is 1. The van der Waals surface area contributed by atoms with Crippen molar-refractivity contribution in [3.05, 3.63) is 53.1 Å². The van der Waals surface area contributed by atoms with Gasteiger partial charge in [0.15, 0.2) is 5.13 Å². The SMILES string of the molecule is CCN(CC)c1ccc(C(=O)N(CCCN(C)C)c2nc3c(C)cc(C)cc3s2)cc1. The first-order valence-corrected chi connectivity index (χ1v) is 11.8. The number of aromatic nitrogens is 1. The van der Waals surface area contributed by atoms with Crippen LogP contribution in [0.3, 0.4) is 0 Å². The normalized spacial score (nSPS) is 11.3. The summed E-state index contributed by atoms with van der Waals surface area (Å²) in [5.41, 5.74) is 5.21. The molecule has 2 aromatic carbocycles. The second-order valence-corrected chi connectivity index (χ2v) is 9.27. The van der Waals surface area contributed by atoms with Crippen LogP contribution >= 0.6 is 11.3 Å². The van der Waals surface area contributed by atoms with Gasteiger partial charge in [0.25, 0.3) is 5.91 Å². The van der Waals surface area contributed by atoms with Crippen molar-refractivity contribution in [2.45, 2.75) is 34.1 Å². The Morgan fingerprint density at radius 3 is 2.29 bits per heavy atom. The molecule has 3 aromatic rings. The zero-order valence-electron chi connectivity index (χ0n) is 19.6. The van der Waals surface area contributed by atoms with Crippen LogP contribution in [-0.4, -0.2) is 56.1 Å². The minimum Gasteiger partial charge on any atom is -0.372 e. The Labute approximate surface area is 190 Å². The predicted molar refractivity (Wildman–Crippen MR) is 134 cm³/mol. The van der Waals surface area contributed by atoms with Gasteiger partial charge in [-0.2, -0.15) is 0 Å². The number of hydrogen-bond acceptors (Lipinski definition) is 5. The van der Waals surface area contributed by atoms with E-state index in [1.807, 2.05) is 29.2 Å². The van der Waals surface area contributed by atoms with Crippen molar-refractivity contribution in [1.29, 1.82) is 0 Å². The topological polar surface area (TPSA) is 39.7 Å². The Morgan fingerprint density at radius 1 is 1.00 bits per heavy atom. The molecule has 166 valence electrons. The molecule has 6 heteroatoms. The lowest BCUT2D eigenvalue weighted by molar-refractivity contribution is 0.0986. The summed E-state index contributed by atoms with van der Waals surface area (Å²) in [4.78, 5) is 24.7. The first kappa shape index (κ1) is 23.2. The molecule has 0 aliphatic carbocycles. The first-order chi connectivity index (χ1) is 14.8. The average Bonchev–Trinajstić information content (AvgIpc) is 3.16. The Bertz CT molecular complexity index is 1020. The Balaban J connectivity index is 1.93. The summed E-state index contributed by atoms with van der Waals surface area (Å²) in [5.74, 6) is 0.0123. The highest BCUT2D eigenvalue weighted by Crippen LogP contribution is 2.32. The molecule has 31 heavy (non-hydrogen) atoms. The van der Waals surface area contributed by atoms with Gasteiger partial charge in [0.05, 0.1) is 10.2 Å². The fourth-order valence-corrected chi connectivity index (χ4v) is 5.03. The maximum Gasteiger partial charge on any atom is 0.260 e. The van der Waals surface area contributed by atoms with Crippen LogP contribution in [0.15, 0.2) is 36.4 Å². The maximum absolute atomic E-state index is 13.5. The zero-order chi connectivity index (χ0) is 22.5. The van der Waals surface area contributed by atoms with E-state index in [1.165, 1.54) is 5.56 Å². The standard InChI is InChI=1S/C25H34N4OS/c1-7-28(8-2)21-12-10-20(11-13-21)24(30)29(15-9-14-27(5)6)25-26-23-19(4)16-18(3)17-22(23)31-25/h10-13,16-17H,7-9,14-15H2,1-6H3. The van der Waals surface area contributed by atoms with Crippen molar-refractivity contribution >= 4 is 38.3 Å². The van der Waals surface area contributed by atoms with E-state index in [2.05, 4.69) is 63.7 Å². The highest BCUT2D eigenvalue weighted by atomic mass is 32.1. The molecular formula is C25H34N4OS. The third-order valence-electron chi connectivity index (χ3n) is 5.52. The van der Waals surface area contributed by atoms with Crippen LogP contribution in [0, 0.1) is 13.8 Å². The van der Waals surface area contributed by atoms with Gasteiger partial charge in [0.1, 0.15) is 0 Å². The molecule has 0 saturated heterocycles. The molecule has 1 heterocycles. The summed E-state index contributed by atoms with van der Waals surface area (Å²) in [5, 5.41) is 0.778. The summed E-state index contributed by atoms with van der Waals surface area (Å²) in [6.07, 6.45) is 0.893. The average molecular weight is 439 g/mol. The van der Waals surface area contributed by atoms with Crippen LogP contribution in [0.25, 0.3) is 10.2 Å². The van der Waals surface area contributed by atoms with E-state index in [4.69, 9.17) is 4.98 Å². The van der Waals surface area contributed by atoms with Gasteiger partial charge in [-0.3, -0.25) is 9.69 Å². The van der Waals surface area contributed by atoms with E-state index in [1.54, 1.807) is 11.3 Å². The van der Waals surface area contributed by atoms with Crippen LogP contribution in [0.5, 0.6) is 0 Å². The largest absolute Gasteiger partial charge is 0.372 e. The fourth-order valence-electron chi connectivity index (χ4n) is 3.86. The summed E-state index contributed by atoms with van der Waals surface area (Å²) in [6.45, 7) is 11.9. The van der Waals surface area contributed by atoms with Crippen LogP contribution in [0.4, 0.5) is 10.8 Å². The second-order valence-electron chi connectivity index (χ2n) is 8.26. The third-order valence-corrected chi connectivity index (χ3v) is 6.55. The van der Waals surface area contributed by atoms with Crippen LogP contribution in [-0.2, 0) is 0 Å². The minimum atomic E-state index is 0.0123. The molecule has 1 amide bonds. The number of nitrogens with zero attached hydrogens (tertiary/aromatic N) is 4. The van der Waals surface area contributed by atoms with Gasteiger partial charge in [0.2, 0.25) is 0 Å². The molecule has 0 unspecified atom stereocenters. The van der Waals surface area contributed by atoms with Gasteiger partial charge in [0, 0.05) is 30.9 Å². The van der Waals surface area contributed by atoms with Gasteiger partial charge in [-0.1, -0.05) is 17.4 Å². The highest BCUT2D eigenvalue weighted by Gasteiger charge is 2.22. The van der Waals surface area contributed by atoms with Crippen molar-refractivity contribution in [2.75, 3.05) is 50.1 Å². The molecule has 0 aliphatic heterocycles. The maximum atomic E-state index is 13.5. The van der Waals surface area contributed by atoms with Crippen molar-refractivity contribution in [2.24, 2.45) is 0 Å². The molecule has 0 atom stereocenters. The molecule has 0 aliphatic rings. The number of hydrogen-bond donors (Lipinski definition) is 0. The van der Waals surface area contributed by atoms with Crippen molar-refractivity contribution in [3.63, 3.8) is 0 Å². The number of rotatable bonds is 9. The molecule has 0 spiro atoms. The molecule has 0 fully saturated rings. The molecule has 1 aromatic heterocycles. The lowest BCUT2D eigenvalue weighted by Crippen LogP contribution is -2.33. The van der Waals surface area contributed by atoms with Gasteiger partial charge >= 0.3 is 0 Å². The Kier molecular flexibility index (Phi) is 7.68. The number of benzene rings is 2. The van der Waals surface area contributed by atoms with E-state index >= 15 is 0 Å². The minimum absolute atomic E-state index is 0.0123. The van der Waals surface area contributed by atoms with Gasteiger partial charge in [-0.15, -0.1) is 0 Å². The molecule has 3 rings (SSSR count). The number of anilines is 2. The number of aryl methyl sites for hydroxylation is 2. The third kappa shape index (κ3) is 5.43. The number of thiazole rings is 1. The molecule has 0 N–H and O–H groups in total. The van der Waals surface area contributed by atoms with Crippen molar-refractivity contribution in [1.82, 2.24) is 9.88 Å². The zero-order valence-corrected chi connectivity index (χ0v) is 20.4. The highest BCUT2D eigenvalue weighted by molar-refractivity contribution is 7.22. The van der Waals surface area contributed by atoms with E-state index in [0.29, 0.717) is 12.1 Å². The van der Waals surface area contributed by atoms with Gasteiger partial charge in [-0.05, 0) is 96.2 Å². The summed E-state index contributed by atoms with van der Waals surface area (Å²) in [6, 6.07) is 12.3. The Hall–Kier alpha value is -2.44. The van der Waals surface area contributed by atoms with E-state index in [-0.39, 0.29) is 5.91 Å². The molecule has 0 radical (unpaired) electrons. The fraction of sp³-hybridized carbons (Fsp3) is 0.440. The van der Waals surface area contributed by atoms with Crippen molar-refractivity contribution in [3.8, 4) is 0 Å². The van der Waals surface area contributed by atoms with Gasteiger partial charge < -0.3 is 9.80 Å². The van der Waals surface area contributed by atoms with Crippen LogP contribution in [0.1, 0.15) is 41.8 Å². The Morgan fingerprint density at radius 2 is 1.68 bits per heavy atom. The van der Waals surface area contributed by atoms with E-state index in [0.717, 1.165) is 52.7 Å². The molecule has 5 nitrogen and oxygen atoms in total. The summed E-state index contributed by atoms with van der Waals surface area (Å²) < 4.78 is 1.13. The molecular weight excluding hydrogens is 404 g/mol. The quantitative estimate of drug-likeness (QED) is 0.451. The van der Waals surface area contributed by atoms with Gasteiger partial charge in [-0.25, -0.2) is 4.98 Å². The molecule has 0 bridgehead atoms. The van der Waals surface area contributed by atoms with E-state index < -0.39 is 0 Å². The second kappa shape index (κ2) is 10.2. The first-order valence-electron chi connectivity index (χ1n) is 11.0.